The number of fused-ring (bicyclic) bond motifs is 2. The van der Waals surface area contributed by atoms with E-state index in [9.17, 15) is 13.2 Å². The normalized spacial score (nSPS) is 23.4. The van der Waals surface area contributed by atoms with Crippen molar-refractivity contribution in [1.82, 2.24) is 14.2 Å². The quantitative estimate of drug-likeness (QED) is 0.791. The van der Waals surface area contributed by atoms with Gasteiger partial charge in [0.25, 0.3) is 5.91 Å². The minimum absolute atomic E-state index is 0.0832. The van der Waals surface area contributed by atoms with Gasteiger partial charge in [-0.05, 0) is 23.6 Å². The molecule has 0 aromatic carbocycles. The number of likely N-dealkylation sites (N-methyl/N-ethyl adjacent to an activating group) is 1. The van der Waals surface area contributed by atoms with Crippen molar-refractivity contribution in [1.29, 1.82) is 0 Å². The fourth-order valence-corrected chi connectivity index (χ4v) is 5.74. The maximum Gasteiger partial charge on any atom is 0.256 e. The average Bonchev–Trinajstić information content (AvgIpc) is 3.10. The summed E-state index contributed by atoms with van der Waals surface area (Å²) in [6.07, 6.45) is 1.67. The van der Waals surface area contributed by atoms with Gasteiger partial charge in [-0.1, -0.05) is 0 Å². The second-order valence-electron chi connectivity index (χ2n) is 5.38. The van der Waals surface area contributed by atoms with Gasteiger partial charge in [-0.25, -0.2) is 8.42 Å². The van der Waals surface area contributed by atoms with E-state index in [0.717, 1.165) is 10.6 Å². The van der Waals surface area contributed by atoms with Gasteiger partial charge in [0.15, 0.2) is 0 Å². The molecule has 0 spiro atoms. The first kappa shape index (κ1) is 13.9. The van der Waals surface area contributed by atoms with Gasteiger partial charge in [0.1, 0.15) is 0 Å². The smallest absolute Gasteiger partial charge is 0.256 e. The first-order chi connectivity index (χ1) is 10.5. The maximum atomic E-state index is 12.6. The summed E-state index contributed by atoms with van der Waals surface area (Å²) >= 11 is 1.39. The minimum atomic E-state index is -3.43. The number of thiophene rings is 1. The molecule has 0 aliphatic carbocycles. The van der Waals surface area contributed by atoms with Gasteiger partial charge in [0.05, 0.1) is 28.7 Å². The number of hydrogen-bond donors (Lipinski definition) is 0. The number of carbonyl (C=O) groups is 1. The number of amides is 1. The molecule has 1 amide bonds. The molecule has 8 heteroatoms. The molecule has 0 fully saturated rings. The highest BCUT2D eigenvalue weighted by molar-refractivity contribution is 7.89. The summed E-state index contributed by atoms with van der Waals surface area (Å²) in [5.41, 5.74) is 1.36. The van der Waals surface area contributed by atoms with Gasteiger partial charge >= 0.3 is 0 Å². The zero-order valence-electron chi connectivity index (χ0n) is 11.8. The minimum Gasteiger partial charge on any atom is -0.323 e. The van der Waals surface area contributed by atoms with Crippen LogP contribution in [0, 0.1) is 0 Å². The average molecular weight is 335 g/mol. The van der Waals surface area contributed by atoms with E-state index in [0.29, 0.717) is 17.0 Å². The van der Waals surface area contributed by atoms with E-state index in [-0.39, 0.29) is 18.5 Å². The van der Waals surface area contributed by atoms with E-state index in [1.54, 1.807) is 41.7 Å². The Labute approximate surface area is 132 Å². The van der Waals surface area contributed by atoms with Crippen LogP contribution < -0.4 is 0 Å². The summed E-state index contributed by atoms with van der Waals surface area (Å²) in [6.45, 7) is 0.695. The van der Waals surface area contributed by atoms with Gasteiger partial charge in [0.2, 0.25) is 10.0 Å². The SMILES string of the molecule is CN1C[C@H](N2Cc3ncccc3C2=O)c2sccc2S1(=O)=O. The molecule has 2 aliphatic rings. The number of aromatic nitrogens is 1. The number of carbonyl (C=O) groups excluding carboxylic acids is 1. The summed E-state index contributed by atoms with van der Waals surface area (Å²) in [4.78, 5) is 19.6. The van der Waals surface area contributed by atoms with Crippen molar-refractivity contribution >= 4 is 27.3 Å². The Bertz CT molecular complexity index is 875. The molecule has 2 aromatic heterocycles. The summed E-state index contributed by atoms with van der Waals surface area (Å²) in [5.74, 6) is -0.0832. The van der Waals surface area contributed by atoms with Crippen molar-refractivity contribution < 1.29 is 13.2 Å². The number of sulfonamides is 1. The van der Waals surface area contributed by atoms with Crippen LogP contribution in [0.3, 0.4) is 0 Å². The number of pyridine rings is 1. The summed E-state index contributed by atoms with van der Waals surface area (Å²) in [7, 11) is -1.88. The van der Waals surface area contributed by atoms with Crippen LogP contribution in [0.4, 0.5) is 0 Å². The zero-order valence-corrected chi connectivity index (χ0v) is 13.4. The molecule has 0 saturated heterocycles. The van der Waals surface area contributed by atoms with E-state index in [1.165, 1.54) is 15.6 Å². The van der Waals surface area contributed by atoms with E-state index >= 15 is 0 Å². The van der Waals surface area contributed by atoms with Gasteiger partial charge in [-0.15, -0.1) is 11.3 Å². The Hall–Kier alpha value is -1.77. The van der Waals surface area contributed by atoms with Crippen LogP contribution in [0.1, 0.15) is 27.0 Å². The monoisotopic (exact) mass is 335 g/mol. The molecule has 1 atom stereocenters. The highest BCUT2D eigenvalue weighted by atomic mass is 32.2. The Morgan fingerprint density at radius 1 is 1.36 bits per heavy atom. The lowest BCUT2D eigenvalue weighted by molar-refractivity contribution is 0.0679. The number of hydrogen-bond acceptors (Lipinski definition) is 5. The van der Waals surface area contributed by atoms with Crippen molar-refractivity contribution in [2.45, 2.75) is 17.5 Å². The Morgan fingerprint density at radius 3 is 2.95 bits per heavy atom. The van der Waals surface area contributed by atoms with Crippen LogP contribution in [0.15, 0.2) is 34.7 Å². The summed E-state index contributed by atoms with van der Waals surface area (Å²) < 4.78 is 26.0. The summed E-state index contributed by atoms with van der Waals surface area (Å²) in [6, 6.07) is 4.87. The first-order valence-corrected chi connectivity index (χ1v) is 9.10. The Balaban J connectivity index is 1.79. The van der Waals surface area contributed by atoms with Crippen molar-refractivity contribution in [2.24, 2.45) is 0 Å². The lowest BCUT2D eigenvalue weighted by Crippen LogP contribution is -2.43. The molecule has 4 rings (SSSR count). The third kappa shape index (κ3) is 1.77. The highest BCUT2D eigenvalue weighted by Gasteiger charge is 2.42. The maximum absolute atomic E-state index is 12.6. The van der Waals surface area contributed by atoms with Crippen molar-refractivity contribution in [3.05, 3.63) is 45.9 Å². The molecular weight excluding hydrogens is 322 g/mol. The lowest BCUT2D eigenvalue weighted by Gasteiger charge is -2.34. The number of nitrogens with zero attached hydrogens (tertiary/aromatic N) is 3. The van der Waals surface area contributed by atoms with Crippen LogP contribution in [0.25, 0.3) is 0 Å². The first-order valence-electron chi connectivity index (χ1n) is 6.79. The van der Waals surface area contributed by atoms with Gasteiger partial charge < -0.3 is 4.90 Å². The fourth-order valence-electron chi connectivity index (χ4n) is 3.00. The molecule has 2 aromatic rings. The largest absolute Gasteiger partial charge is 0.323 e. The third-order valence-corrected chi connectivity index (χ3v) is 7.18. The van der Waals surface area contributed by atoms with Crippen molar-refractivity contribution in [3.8, 4) is 0 Å². The van der Waals surface area contributed by atoms with Crippen LogP contribution in [-0.4, -0.2) is 42.1 Å². The molecule has 4 heterocycles. The highest BCUT2D eigenvalue weighted by Crippen LogP contribution is 2.41. The Kier molecular flexibility index (Phi) is 2.91. The molecule has 0 unspecified atom stereocenters. The van der Waals surface area contributed by atoms with E-state index < -0.39 is 10.0 Å². The van der Waals surface area contributed by atoms with Crippen LogP contribution in [-0.2, 0) is 16.6 Å². The molecule has 0 N–H and O–H groups in total. The van der Waals surface area contributed by atoms with Gasteiger partial charge in [0, 0.05) is 24.7 Å². The lowest BCUT2D eigenvalue weighted by atomic mass is 10.2. The van der Waals surface area contributed by atoms with E-state index in [4.69, 9.17) is 0 Å². The Morgan fingerprint density at radius 2 is 2.18 bits per heavy atom. The predicted molar refractivity (Wildman–Crippen MR) is 81.0 cm³/mol. The molecule has 114 valence electrons. The van der Waals surface area contributed by atoms with Gasteiger partial charge in [-0.2, -0.15) is 4.31 Å². The summed E-state index contributed by atoms with van der Waals surface area (Å²) in [5, 5.41) is 1.76. The van der Waals surface area contributed by atoms with Crippen LogP contribution >= 0.6 is 11.3 Å². The van der Waals surface area contributed by atoms with Crippen LogP contribution in [0.5, 0.6) is 0 Å². The van der Waals surface area contributed by atoms with E-state index in [1.807, 2.05) is 0 Å². The van der Waals surface area contributed by atoms with Crippen LogP contribution in [0.2, 0.25) is 0 Å². The van der Waals surface area contributed by atoms with Gasteiger partial charge in [-0.3, -0.25) is 9.78 Å². The molecule has 0 saturated carbocycles. The second-order valence-corrected chi connectivity index (χ2v) is 8.34. The third-order valence-electron chi connectivity index (χ3n) is 4.16. The van der Waals surface area contributed by atoms with Crippen molar-refractivity contribution in [2.75, 3.05) is 13.6 Å². The number of rotatable bonds is 1. The molecule has 2 aliphatic heterocycles. The molecule has 0 bridgehead atoms. The predicted octanol–water partition coefficient (Wildman–Crippen LogP) is 1.47. The molecule has 0 radical (unpaired) electrons. The van der Waals surface area contributed by atoms with Crippen molar-refractivity contribution in [3.63, 3.8) is 0 Å². The van der Waals surface area contributed by atoms with E-state index in [2.05, 4.69) is 4.98 Å². The topological polar surface area (TPSA) is 70.6 Å². The fraction of sp³-hybridized carbons (Fsp3) is 0.286. The molecule has 22 heavy (non-hydrogen) atoms. The molecular formula is C14H13N3O3S2. The molecule has 6 nitrogen and oxygen atoms in total. The second kappa shape index (κ2) is 4.61. The zero-order chi connectivity index (χ0) is 15.5. The standard InChI is InChI=1S/C14H13N3O3S2/c1-16-8-11(13-12(4-6-21-13)22(16,19)20)17-7-10-9(14(17)18)3-2-5-15-10/h2-6,11H,7-8H2,1H3/t11-/m0/s1.